The van der Waals surface area contributed by atoms with E-state index in [1.807, 2.05) is 67.6 Å². The molecule has 0 radical (unpaired) electrons. The molecule has 3 aromatic rings. The molecule has 0 saturated carbocycles. The molecule has 0 spiro atoms. The number of likely N-dealkylation sites (tertiary alicyclic amines) is 1. The summed E-state index contributed by atoms with van der Waals surface area (Å²) in [5.74, 6) is -0.719. The molecule has 0 unspecified atom stereocenters. The maximum absolute atomic E-state index is 13.4. The number of carbonyl (C=O) groups is 2. The van der Waals surface area contributed by atoms with Crippen molar-refractivity contribution in [1.29, 1.82) is 0 Å². The molecule has 0 bridgehead atoms. The van der Waals surface area contributed by atoms with Crippen LogP contribution in [-0.2, 0) is 22.6 Å². The standard InChI is InChI=1S/C33H38N2O4/c1-5-24-13-15-26(16-14-24)30-29(32(37)33(38)35(30)20-19-34(6-2)7-3)31(36)28-18-17-27(21-23(28)4)39-22-25-11-9-8-10-12-25/h8-18,21,30,36H,5-7,19-20,22H2,1-4H3/t30-/m0/s1. The van der Waals surface area contributed by atoms with Crippen LogP contribution in [0.15, 0.2) is 78.4 Å². The van der Waals surface area contributed by atoms with Crippen molar-refractivity contribution in [2.75, 3.05) is 26.2 Å². The molecule has 204 valence electrons. The Morgan fingerprint density at radius 3 is 2.23 bits per heavy atom. The summed E-state index contributed by atoms with van der Waals surface area (Å²) in [6.45, 7) is 11.3. The van der Waals surface area contributed by atoms with Gasteiger partial charge in [0.25, 0.3) is 11.7 Å². The number of aryl methyl sites for hydroxylation is 2. The smallest absolute Gasteiger partial charge is 0.295 e. The van der Waals surface area contributed by atoms with Gasteiger partial charge in [-0.1, -0.05) is 75.4 Å². The van der Waals surface area contributed by atoms with Gasteiger partial charge in [0.15, 0.2) is 0 Å². The van der Waals surface area contributed by atoms with Crippen molar-refractivity contribution >= 4 is 17.4 Å². The summed E-state index contributed by atoms with van der Waals surface area (Å²) in [6, 6.07) is 22.6. The Labute approximate surface area is 231 Å². The van der Waals surface area contributed by atoms with E-state index in [0.29, 0.717) is 31.0 Å². The molecule has 1 saturated heterocycles. The molecule has 4 rings (SSSR count). The molecule has 6 heteroatoms. The highest BCUT2D eigenvalue weighted by atomic mass is 16.5. The quantitative estimate of drug-likeness (QED) is 0.191. The monoisotopic (exact) mass is 526 g/mol. The van der Waals surface area contributed by atoms with Gasteiger partial charge in [0.05, 0.1) is 11.6 Å². The normalized spacial score (nSPS) is 16.7. The average Bonchev–Trinajstić information content (AvgIpc) is 3.22. The lowest BCUT2D eigenvalue weighted by molar-refractivity contribution is -0.140. The van der Waals surface area contributed by atoms with E-state index >= 15 is 0 Å². The SMILES string of the molecule is CCc1ccc([C@H]2C(=C(O)c3ccc(OCc4ccccc4)cc3C)C(=O)C(=O)N2CCN(CC)CC)cc1. The molecule has 6 nitrogen and oxygen atoms in total. The predicted octanol–water partition coefficient (Wildman–Crippen LogP) is 5.90. The first-order chi connectivity index (χ1) is 18.9. The van der Waals surface area contributed by atoms with Crippen LogP contribution in [0.1, 0.15) is 54.6 Å². The zero-order valence-corrected chi connectivity index (χ0v) is 23.3. The molecule has 1 N–H and O–H groups in total. The van der Waals surface area contributed by atoms with Crippen LogP contribution in [0.5, 0.6) is 5.75 Å². The summed E-state index contributed by atoms with van der Waals surface area (Å²) in [5.41, 5.74) is 4.44. The van der Waals surface area contributed by atoms with Crippen molar-refractivity contribution in [2.24, 2.45) is 0 Å². The zero-order chi connectivity index (χ0) is 27.9. The van der Waals surface area contributed by atoms with Crippen molar-refractivity contribution in [2.45, 2.75) is 46.8 Å². The van der Waals surface area contributed by atoms with E-state index in [4.69, 9.17) is 4.74 Å². The number of rotatable bonds is 11. The number of likely N-dealkylation sites (N-methyl/N-ethyl adjacent to an activating group) is 1. The van der Waals surface area contributed by atoms with Gasteiger partial charge in [0.2, 0.25) is 0 Å². The number of ketones is 1. The third kappa shape index (κ3) is 6.23. The minimum atomic E-state index is -0.653. The lowest BCUT2D eigenvalue weighted by Crippen LogP contribution is -2.38. The van der Waals surface area contributed by atoms with Gasteiger partial charge in [-0.15, -0.1) is 0 Å². The summed E-state index contributed by atoms with van der Waals surface area (Å²) in [7, 11) is 0. The van der Waals surface area contributed by atoms with Gasteiger partial charge >= 0.3 is 0 Å². The average molecular weight is 527 g/mol. The molecular formula is C33H38N2O4. The molecule has 0 aromatic heterocycles. The van der Waals surface area contributed by atoms with E-state index in [0.717, 1.165) is 36.2 Å². The Hall–Kier alpha value is -3.90. The van der Waals surface area contributed by atoms with E-state index in [1.165, 1.54) is 5.56 Å². The van der Waals surface area contributed by atoms with E-state index in [1.54, 1.807) is 17.0 Å². The number of amides is 1. The van der Waals surface area contributed by atoms with E-state index in [2.05, 4.69) is 25.7 Å². The van der Waals surface area contributed by atoms with Gasteiger partial charge in [-0.25, -0.2) is 0 Å². The fourth-order valence-corrected chi connectivity index (χ4v) is 5.06. The van der Waals surface area contributed by atoms with Crippen molar-refractivity contribution in [3.05, 3.63) is 106 Å². The summed E-state index contributed by atoms with van der Waals surface area (Å²) >= 11 is 0. The van der Waals surface area contributed by atoms with Crippen LogP contribution >= 0.6 is 0 Å². The van der Waals surface area contributed by atoms with Crippen LogP contribution < -0.4 is 4.74 Å². The summed E-state index contributed by atoms with van der Waals surface area (Å²) in [6.07, 6.45) is 0.889. The molecule has 0 aliphatic carbocycles. The number of carbonyl (C=O) groups excluding carboxylic acids is 2. The number of aliphatic hydroxyl groups is 1. The van der Waals surface area contributed by atoms with E-state index in [9.17, 15) is 14.7 Å². The molecule has 39 heavy (non-hydrogen) atoms. The topological polar surface area (TPSA) is 70.1 Å². The largest absolute Gasteiger partial charge is 0.507 e. The van der Waals surface area contributed by atoms with Crippen LogP contribution in [-0.4, -0.2) is 52.8 Å². The van der Waals surface area contributed by atoms with Gasteiger partial charge in [-0.2, -0.15) is 0 Å². The predicted molar refractivity (Wildman–Crippen MR) is 155 cm³/mol. The maximum Gasteiger partial charge on any atom is 0.295 e. The Morgan fingerprint density at radius 1 is 0.923 bits per heavy atom. The Morgan fingerprint density at radius 2 is 1.62 bits per heavy atom. The van der Waals surface area contributed by atoms with Crippen molar-refractivity contribution in [1.82, 2.24) is 9.80 Å². The zero-order valence-electron chi connectivity index (χ0n) is 23.3. The fourth-order valence-electron chi connectivity index (χ4n) is 5.06. The van der Waals surface area contributed by atoms with Gasteiger partial charge < -0.3 is 19.6 Å². The molecule has 1 aliphatic heterocycles. The van der Waals surface area contributed by atoms with Crippen LogP contribution in [0.25, 0.3) is 5.76 Å². The second kappa shape index (κ2) is 12.8. The maximum atomic E-state index is 13.4. The van der Waals surface area contributed by atoms with Crippen molar-refractivity contribution < 1.29 is 19.4 Å². The number of hydrogen-bond acceptors (Lipinski definition) is 5. The number of nitrogens with zero attached hydrogens (tertiary/aromatic N) is 2. The second-order valence-corrected chi connectivity index (χ2v) is 9.87. The van der Waals surface area contributed by atoms with Gasteiger partial charge in [0.1, 0.15) is 18.1 Å². The minimum absolute atomic E-state index is 0.129. The summed E-state index contributed by atoms with van der Waals surface area (Å²) < 4.78 is 5.94. The number of Topliss-reactive ketones (excluding diaryl/α,β-unsaturated/α-hetero) is 1. The van der Waals surface area contributed by atoms with Gasteiger partial charge in [-0.05, 0) is 66.9 Å². The number of aliphatic hydroxyl groups excluding tert-OH is 1. The highest BCUT2D eigenvalue weighted by Crippen LogP contribution is 2.40. The molecule has 3 aromatic carbocycles. The number of hydrogen-bond donors (Lipinski definition) is 1. The van der Waals surface area contributed by atoms with Crippen LogP contribution in [0.3, 0.4) is 0 Å². The summed E-state index contributed by atoms with van der Waals surface area (Å²) in [5, 5.41) is 11.5. The molecule has 1 heterocycles. The molecule has 1 fully saturated rings. The first-order valence-corrected chi connectivity index (χ1v) is 13.7. The van der Waals surface area contributed by atoms with Gasteiger partial charge in [0, 0.05) is 18.7 Å². The highest BCUT2D eigenvalue weighted by molar-refractivity contribution is 6.46. The first-order valence-electron chi connectivity index (χ1n) is 13.7. The van der Waals surface area contributed by atoms with Crippen LogP contribution in [0.4, 0.5) is 0 Å². The molecule has 1 atom stereocenters. The Balaban J connectivity index is 1.69. The van der Waals surface area contributed by atoms with Crippen molar-refractivity contribution in [3.63, 3.8) is 0 Å². The summed E-state index contributed by atoms with van der Waals surface area (Å²) in [4.78, 5) is 30.5. The lowest BCUT2D eigenvalue weighted by atomic mass is 9.93. The second-order valence-electron chi connectivity index (χ2n) is 9.87. The Bertz CT molecular complexity index is 1330. The van der Waals surface area contributed by atoms with Crippen LogP contribution in [0.2, 0.25) is 0 Å². The van der Waals surface area contributed by atoms with Gasteiger partial charge in [-0.3, -0.25) is 9.59 Å². The third-order valence-electron chi connectivity index (χ3n) is 7.50. The molecule has 1 aliphatic rings. The highest BCUT2D eigenvalue weighted by Gasteiger charge is 2.46. The van der Waals surface area contributed by atoms with Crippen LogP contribution in [0, 0.1) is 6.92 Å². The van der Waals surface area contributed by atoms with E-state index in [-0.39, 0.29) is 11.3 Å². The molecule has 1 amide bonds. The number of benzene rings is 3. The minimum Gasteiger partial charge on any atom is -0.507 e. The molecular weight excluding hydrogens is 488 g/mol. The van der Waals surface area contributed by atoms with Crippen molar-refractivity contribution in [3.8, 4) is 5.75 Å². The van der Waals surface area contributed by atoms with E-state index < -0.39 is 17.7 Å². The lowest BCUT2D eigenvalue weighted by Gasteiger charge is -2.28. The first kappa shape index (κ1) is 28.1. The fraction of sp³-hybridized carbons (Fsp3) is 0.333. The number of ether oxygens (including phenoxy) is 1. The Kier molecular flexibility index (Phi) is 9.20. The third-order valence-corrected chi connectivity index (χ3v) is 7.50.